The molecule has 0 saturated carbocycles. The van der Waals surface area contributed by atoms with Crippen molar-refractivity contribution in [3.63, 3.8) is 0 Å². The van der Waals surface area contributed by atoms with Crippen LogP contribution in [0.15, 0.2) is 59.0 Å². The van der Waals surface area contributed by atoms with Gasteiger partial charge in [0.15, 0.2) is 0 Å². The summed E-state index contributed by atoms with van der Waals surface area (Å²) >= 11 is 0. The summed E-state index contributed by atoms with van der Waals surface area (Å²) in [4.78, 5) is 0. The molecule has 0 spiro atoms. The molecule has 1 unspecified atom stereocenters. The van der Waals surface area contributed by atoms with Crippen molar-refractivity contribution in [1.29, 1.82) is 0 Å². The Labute approximate surface area is 106 Å². The highest BCUT2D eigenvalue weighted by Gasteiger charge is 2.10. The van der Waals surface area contributed by atoms with Crippen molar-refractivity contribution >= 4 is 10.8 Å². The smallest absolute Gasteiger partial charge is 0.134 e. The van der Waals surface area contributed by atoms with Crippen molar-refractivity contribution in [3.8, 4) is 11.3 Å². The van der Waals surface area contributed by atoms with Crippen molar-refractivity contribution in [1.82, 2.24) is 0 Å². The number of hydrogen-bond donors (Lipinski definition) is 1. The number of benzene rings is 2. The van der Waals surface area contributed by atoms with Gasteiger partial charge in [-0.3, -0.25) is 0 Å². The molecule has 0 aliphatic heterocycles. The van der Waals surface area contributed by atoms with Crippen LogP contribution in [-0.2, 0) is 0 Å². The molecule has 0 aliphatic rings. The minimum atomic E-state index is -0.0753. The first-order valence-electron chi connectivity index (χ1n) is 6.09. The third-order valence-corrected chi connectivity index (χ3v) is 3.13. The minimum Gasteiger partial charge on any atom is -0.459 e. The van der Waals surface area contributed by atoms with E-state index < -0.39 is 0 Å². The summed E-state index contributed by atoms with van der Waals surface area (Å²) < 4.78 is 5.81. The molecule has 2 heteroatoms. The number of nitrogens with two attached hydrogens (primary N) is 1. The highest BCUT2D eigenvalue weighted by atomic mass is 16.3. The third kappa shape index (κ3) is 1.81. The van der Waals surface area contributed by atoms with Gasteiger partial charge in [-0.15, -0.1) is 0 Å². The van der Waals surface area contributed by atoms with Crippen LogP contribution in [0.4, 0.5) is 0 Å². The number of hydrogen-bond acceptors (Lipinski definition) is 2. The average molecular weight is 237 g/mol. The number of rotatable bonds is 2. The molecule has 1 heterocycles. The van der Waals surface area contributed by atoms with E-state index in [0.717, 1.165) is 17.1 Å². The molecular weight excluding hydrogens is 222 g/mol. The molecule has 0 radical (unpaired) electrons. The van der Waals surface area contributed by atoms with Crippen LogP contribution in [0.3, 0.4) is 0 Å². The van der Waals surface area contributed by atoms with Gasteiger partial charge in [-0.2, -0.15) is 0 Å². The Morgan fingerprint density at radius 2 is 1.72 bits per heavy atom. The average Bonchev–Trinajstić information content (AvgIpc) is 2.87. The summed E-state index contributed by atoms with van der Waals surface area (Å²) in [5, 5.41) is 2.42. The van der Waals surface area contributed by atoms with E-state index in [-0.39, 0.29) is 6.04 Å². The molecule has 2 N–H and O–H groups in total. The molecule has 3 rings (SSSR count). The maximum Gasteiger partial charge on any atom is 0.134 e. The van der Waals surface area contributed by atoms with Crippen LogP contribution in [0, 0.1) is 0 Å². The topological polar surface area (TPSA) is 39.2 Å². The predicted molar refractivity (Wildman–Crippen MR) is 74.3 cm³/mol. The van der Waals surface area contributed by atoms with E-state index in [1.165, 1.54) is 10.8 Å². The Morgan fingerprint density at radius 3 is 2.50 bits per heavy atom. The van der Waals surface area contributed by atoms with Gasteiger partial charge in [0.25, 0.3) is 0 Å². The summed E-state index contributed by atoms with van der Waals surface area (Å²) in [6.45, 7) is 1.92. The summed E-state index contributed by atoms with van der Waals surface area (Å²) in [7, 11) is 0. The van der Waals surface area contributed by atoms with Crippen molar-refractivity contribution in [2.24, 2.45) is 5.73 Å². The van der Waals surface area contributed by atoms with Crippen molar-refractivity contribution < 1.29 is 4.42 Å². The zero-order chi connectivity index (χ0) is 12.5. The monoisotopic (exact) mass is 237 g/mol. The van der Waals surface area contributed by atoms with Crippen LogP contribution in [0.1, 0.15) is 18.7 Å². The van der Waals surface area contributed by atoms with Crippen molar-refractivity contribution in [2.45, 2.75) is 13.0 Å². The van der Waals surface area contributed by atoms with Gasteiger partial charge in [-0.05, 0) is 29.8 Å². The number of furan rings is 1. The van der Waals surface area contributed by atoms with Crippen LogP contribution in [0.2, 0.25) is 0 Å². The van der Waals surface area contributed by atoms with E-state index in [1.54, 1.807) is 0 Å². The van der Waals surface area contributed by atoms with Crippen molar-refractivity contribution in [3.05, 3.63) is 60.4 Å². The molecule has 1 aromatic heterocycles. The molecule has 18 heavy (non-hydrogen) atoms. The first-order valence-corrected chi connectivity index (χ1v) is 6.09. The van der Waals surface area contributed by atoms with E-state index in [1.807, 2.05) is 37.3 Å². The minimum absolute atomic E-state index is 0.0753. The van der Waals surface area contributed by atoms with Gasteiger partial charge >= 0.3 is 0 Å². The summed E-state index contributed by atoms with van der Waals surface area (Å²) in [6.07, 6.45) is 0. The van der Waals surface area contributed by atoms with E-state index in [9.17, 15) is 0 Å². The van der Waals surface area contributed by atoms with Crippen molar-refractivity contribution in [2.75, 3.05) is 0 Å². The second kappa shape index (κ2) is 4.31. The molecule has 0 aliphatic carbocycles. The molecular formula is C16H15NO. The SMILES string of the molecule is CC(N)c1ccc(-c2cccc3ccccc23)o1. The van der Waals surface area contributed by atoms with Crippen LogP contribution in [0.25, 0.3) is 22.1 Å². The standard InChI is InChI=1S/C16H15NO/c1-11(17)15-9-10-16(18-15)14-8-4-6-12-5-2-3-7-13(12)14/h2-11H,17H2,1H3. The van der Waals surface area contributed by atoms with E-state index in [2.05, 4.69) is 24.3 Å². The molecule has 0 fully saturated rings. The fourth-order valence-electron chi connectivity index (χ4n) is 2.18. The lowest BCUT2D eigenvalue weighted by molar-refractivity contribution is 0.491. The van der Waals surface area contributed by atoms with Gasteiger partial charge in [0.05, 0.1) is 6.04 Å². The molecule has 90 valence electrons. The first kappa shape index (κ1) is 11.1. The number of fused-ring (bicyclic) bond motifs is 1. The van der Waals surface area contributed by atoms with Gasteiger partial charge in [-0.25, -0.2) is 0 Å². The largest absolute Gasteiger partial charge is 0.459 e. The van der Waals surface area contributed by atoms with Gasteiger partial charge in [0, 0.05) is 5.56 Å². The predicted octanol–water partition coefficient (Wildman–Crippen LogP) is 4.12. The maximum atomic E-state index is 5.82. The second-order valence-electron chi connectivity index (χ2n) is 4.52. The Morgan fingerprint density at radius 1 is 0.944 bits per heavy atom. The van der Waals surface area contributed by atoms with Gasteiger partial charge in [0.2, 0.25) is 0 Å². The van der Waals surface area contributed by atoms with Crippen LogP contribution in [0.5, 0.6) is 0 Å². The molecule has 2 aromatic carbocycles. The van der Waals surface area contributed by atoms with Gasteiger partial charge < -0.3 is 10.2 Å². The highest BCUT2D eigenvalue weighted by molar-refractivity contribution is 5.95. The molecule has 3 aromatic rings. The summed E-state index contributed by atoms with van der Waals surface area (Å²) in [6, 6.07) is 18.4. The first-order chi connectivity index (χ1) is 8.75. The van der Waals surface area contributed by atoms with Crippen LogP contribution in [-0.4, -0.2) is 0 Å². The maximum absolute atomic E-state index is 5.82. The Hall–Kier alpha value is -2.06. The molecule has 2 nitrogen and oxygen atoms in total. The molecule has 0 amide bonds. The van der Waals surface area contributed by atoms with E-state index >= 15 is 0 Å². The fourth-order valence-corrected chi connectivity index (χ4v) is 2.18. The Balaban J connectivity index is 2.18. The molecule has 0 saturated heterocycles. The lowest BCUT2D eigenvalue weighted by Gasteiger charge is -2.04. The van der Waals surface area contributed by atoms with Gasteiger partial charge in [-0.1, -0.05) is 42.5 Å². The second-order valence-corrected chi connectivity index (χ2v) is 4.52. The third-order valence-electron chi connectivity index (χ3n) is 3.13. The Bertz CT molecular complexity index is 677. The lowest BCUT2D eigenvalue weighted by Crippen LogP contribution is -2.02. The molecule has 0 bridgehead atoms. The van der Waals surface area contributed by atoms with Gasteiger partial charge in [0.1, 0.15) is 11.5 Å². The lowest BCUT2D eigenvalue weighted by atomic mass is 10.0. The van der Waals surface area contributed by atoms with Crippen LogP contribution >= 0.6 is 0 Å². The highest BCUT2D eigenvalue weighted by Crippen LogP contribution is 2.30. The quantitative estimate of drug-likeness (QED) is 0.728. The van der Waals surface area contributed by atoms with E-state index in [0.29, 0.717) is 0 Å². The fraction of sp³-hybridized carbons (Fsp3) is 0.125. The molecule has 1 atom stereocenters. The van der Waals surface area contributed by atoms with Crippen LogP contribution < -0.4 is 5.73 Å². The van der Waals surface area contributed by atoms with E-state index in [4.69, 9.17) is 10.2 Å². The zero-order valence-corrected chi connectivity index (χ0v) is 10.3. The normalized spacial score (nSPS) is 12.8. The zero-order valence-electron chi connectivity index (χ0n) is 10.3. The Kier molecular flexibility index (Phi) is 2.65. The summed E-state index contributed by atoms with van der Waals surface area (Å²) in [5.74, 6) is 1.69. The summed E-state index contributed by atoms with van der Waals surface area (Å²) in [5.41, 5.74) is 6.94.